The number of amides is 2. The van der Waals surface area contributed by atoms with Gasteiger partial charge in [-0.1, -0.05) is 28.1 Å². The van der Waals surface area contributed by atoms with Crippen LogP contribution in [-0.2, 0) is 0 Å². The molecule has 1 saturated heterocycles. The van der Waals surface area contributed by atoms with E-state index < -0.39 is 17.6 Å². The summed E-state index contributed by atoms with van der Waals surface area (Å²) in [5, 5.41) is 2.94. The van der Waals surface area contributed by atoms with E-state index in [1.165, 1.54) is 11.0 Å². The first kappa shape index (κ1) is 16.2. The normalized spacial score (nSPS) is 24.2. The molecule has 2 aromatic rings. The van der Waals surface area contributed by atoms with Crippen LogP contribution in [0.4, 0.5) is 14.9 Å². The van der Waals surface area contributed by atoms with Crippen molar-refractivity contribution in [1.82, 2.24) is 5.32 Å². The number of para-hydroxylation sites is 1. The van der Waals surface area contributed by atoms with Crippen molar-refractivity contribution < 1.29 is 18.7 Å². The van der Waals surface area contributed by atoms with Crippen LogP contribution in [0.15, 0.2) is 40.9 Å². The van der Waals surface area contributed by atoms with Crippen LogP contribution in [0, 0.1) is 5.82 Å². The maximum atomic E-state index is 14.5. The van der Waals surface area contributed by atoms with Gasteiger partial charge in [-0.15, -0.1) is 0 Å². The molecule has 2 bridgehead atoms. The summed E-state index contributed by atoms with van der Waals surface area (Å²) < 4.78 is 26.7. The van der Waals surface area contributed by atoms with Crippen molar-refractivity contribution in [2.24, 2.45) is 0 Å². The third-order valence-electron chi connectivity index (χ3n) is 4.63. The molecule has 5 nitrogen and oxygen atoms in total. The van der Waals surface area contributed by atoms with Crippen LogP contribution >= 0.6 is 15.9 Å². The van der Waals surface area contributed by atoms with E-state index in [0.717, 1.165) is 5.56 Å². The summed E-state index contributed by atoms with van der Waals surface area (Å²) in [5.74, 6) is 0.658. The monoisotopic (exact) mass is 406 g/mol. The lowest BCUT2D eigenvalue weighted by atomic mass is 9.90. The molecule has 0 unspecified atom stereocenters. The number of benzene rings is 2. The third kappa shape index (κ3) is 2.45. The van der Waals surface area contributed by atoms with Gasteiger partial charge in [0.25, 0.3) is 0 Å². The molecule has 2 atom stereocenters. The molecule has 2 amide bonds. The Morgan fingerprint density at radius 3 is 2.92 bits per heavy atom. The lowest BCUT2D eigenvalue weighted by Gasteiger charge is -2.50. The largest absolute Gasteiger partial charge is 0.493 e. The predicted molar refractivity (Wildman–Crippen MR) is 94.5 cm³/mol. The van der Waals surface area contributed by atoms with Gasteiger partial charge in [0.05, 0.1) is 18.8 Å². The van der Waals surface area contributed by atoms with Crippen LogP contribution in [0.2, 0.25) is 0 Å². The van der Waals surface area contributed by atoms with Crippen molar-refractivity contribution in [2.75, 3.05) is 12.0 Å². The fraction of sp³-hybridized carbons (Fsp3) is 0.278. The Kier molecular flexibility index (Phi) is 3.64. The highest BCUT2D eigenvalue weighted by molar-refractivity contribution is 9.10. The number of carbonyl (C=O) groups excluding carboxylic acids is 1. The van der Waals surface area contributed by atoms with Gasteiger partial charge in [0.15, 0.2) is 17.2 Å². The number of ether oxygens (including phenoxy) is 2. The maximum absolute atomic E-state index is 14.5. The molecule has 0 spiro atoms. The standard InChI is InChI=1S/C18H16BrFN2O3/c1-18-9-13(11-4-3-5-15(24-2)16(11)25-18)21-17(23)22(18)14-7-6-10(19)8-12(14)20/h3-8,13H,9H2,1-2H3,(H,21,23)/t13-,18+/m1/s1. The first-order valence-electron chi connectivity index (χ1n) is 7.84. The van der Waals surface area contributed by atoms with E-state index in [4.69, 9.17) is 9.47 Å². The average molecular weight is 407 g/mol. The number of urea groups is 1. The number of halogens is 2. The molecule has 0 radical (unpaired) electrons. The second-order valence-corrected chi connectivity index (χ2v) is 7.21. The van der Waals surface area contributed by atoms with Gasteiger partial charge >= 0.3 is 6.03 Å². The smallest absolute Gasteiger partial charge is 0.325 e. The van der Waals surface area contributed by atoms with E-state index in [-0.39, 0.29) is 11.7 Å². The Balaban J connectivity index is 1.84. The van der Waals surface area contributed by atoms with E-state index in [9.17, 15) is 9.18 Å². The Morgan fingerprint density at radius 1 is 1.40 bits per heavy atom. The number of hydrogen-bond donors (Lipinski definition) is 1. The molecule has 7 heteroatoms. The van der Waals surface area contributed by atoms with Crippen LogP contribution in [0.1, 0.15) is 24.9 Å². The molecular weight excluding hydrogens is 391 g/mol. The lowest BCUT2D eigenvalue weighted by Crippen LogP contribution is -2.65. The van der Waals surface area contributed by atoms with E-state index in [0.29, 0.717) is 22.4 Å². The minimum atomic E-state index is -1.02. The molecule has 2 aromatic carbocycles. The van der Waals surface area contributed by atoms with Gasteiger partial charge in [0, 0.05) is 16.5 Å². The average Bonchev–Trinajstić information content (AvgIpc) is 2.55. The van der Waals surface area contributed by atoms with Crippen LogP contribution in [0.5, 0.6) is 11.5 Å². The zero-order valence-electron chi connectivity index (χ0n) is 13.7. The topological polar surface area (TPSA) is 50.8 Å². The Hall–Kier alpha value is -2.28. The van der Waals surface area contributed by atoms with Gasteiger partial charge in [-0.2, -0.15) is 0 Å². The molecule has 25 heavy (non-hydrogen) atoms. The zero-order valence-corrected chi connectivity index (χ0v) is 15.3. The second kappa shape index (κ2) is 5.62. The molecule has 2 aliphatic rings. The fourth-order valence-electron chi connectivity index (χ4n) is 3.55. The molecule has 4 rings (SSSR count). The molecule has 1 fully saturated rings. The molecule has 0 aromatic heterocycles. The van der Waals surface area contributed by atoms with Crippen molar-refractivity contribution in [3.05, 3.63) is 52.3 Å². The highest BCUT2D eigenvalue weighted by Gasteiger charge is 2.51. The number of methoxy groups -OCH3 is 1. The second-order valence-electron chi connectivity index (χ2n) is 6.29. The van der Waals surface area contributed by atoms with Crippen molar-refractivity contribution in [2.45, 2.75) is 25.1 Å². The number of fused-ring (bicyclic) bond motifs is 4. The van der Waals surface area contributed by atoms with Crippen molar-refractivity contribution >= 4 is 27.6 Å². The van der Waals surface area contributed by atoms with Gasteiger partial charge in [0.1, 0.15) is 5.82 Å². The van der Waals surface area contributed by atoms with Gasteiger partial charge in [-0.05, 0) is 31.2 Å². The number of hydrogen-bond acceptors (Lipinski definition) is 3. The maximum Gasteiger partial charge on any atom is 0.325 e. The number of nitrogens with zero attached hydrogens (tertiary/aromatic N) is 1. The summed E-state index contributed by atoms with van der Waals surface area (Å²) in [6.45, 7) is 1.79. The summed E-state index contributed by atoms with van der Waals surface area (Å²) in [5.41, 5.74) is 0.00430. The summed E-state index contributed by atoms with van der Waals surface area (Å²) in [6, 6.07) is 9.53. The molecule has 1 N–H and O–H groups in total. The van der Waals surface area contributed by atoms with Crippen LogP contribution in [0.3, 0.4) is 0 Å². The minimum absolute atomic E-state index is 0.167. The van der Waals surface area contributed by atoms with Gasteiger partial charge in [-0.3, -0.25) is 4.90 Å². The molecule has 2 aliphatic heterocycles. The highest BCUT2D eigenvalue weighted by atomic mass is 79.9. The van der Waals surface area contributed by atoms with E-state index in [1.807, 2.05) is 12.1 Å². The first-order chi connectivity index (χ1) is 11.9. The van der Waals surface area contributed by atoms with E-state index in [1.54, 1.807) is 32.2 Å². The third-order valence-corrected chi connectivity index (χ3v) is 5.13. The van der Waals surface area contributed by atoms with Crippen LogP contribution in [0.25, 0.3) is 0 Å². The summed E-state index contributed by atoms with van der Waals surface area (Å²) in [6.07, 6.45) is 0.494. The summed E-state index contributed by atoms with van der Waals surface area (Å²) in [4.78, 5) is 14.1. The molecule has 130 valence electrons. The van der Waals surface area contributed by atoms with E-state index >= 15 is 0 Å². The summed E-state index contributed by atoms with van der Waals surface area (Å²) in [7, 11) is 1.57. The molecule has 0 saturated carbocycles. The molecule has 2 heterocycles. The highest BCUT2D eigenvalue weighted by Crippen LogP contribution is 2.49. The van der Waals surface area contributed by atoms with Crippen molar-refractivity contribution in [1.29, 1.82) is 0 Å². The quantitative estimate of drug-likeness (QED) is 0.805. The van der Waals surface area contributed by atoms with Gasteiger partial charge in [0.2, 0.25) is 0 Å². The predicted octanol–water partition coefficient (Wildman–Crippen LogP) is 4.37. The van der Waals surface area contributed by atoms with Crippen LogP contribution in [-0.4, -0.2) is 18.9 Å². The minimum Gasteiger partial charge on any atom is -0.493 e. The Morgan fingerprint density at radius 2 is 2.20 bits per heavy atom. The number of carbonyl (C=O) groups is 1. The van der Waals surface area contributed by atoms with Crippen molar-refractivity contribution in [3.63, 3.8) is 0 Å². The van der Waals surface area contributed by atoms with Gasteiger partial charge < -0.3 is 14.8 Å². The summed E-state index contributed by atoms with van der Waals surface area (Å²) >= 11 is 3.24. The van der Waals surface area contributed by atoms with Gasteiger partial charge in [-0.25, -0.2) is 9.18 Å². The number of anilines is 1. The van der Waals surface area contributed by atoms with E-state index in [2.05, 4.69) is 21.2 Å². The first-order valence-corrected chi connectivity index (χ1v) is 8.64. The number of rotatable bonds is 2. The fourth-order valence-corrected chi connectivity index (χ4v) is 3.88. The molecule has 0 aliphatic carbocycles. The Labute approximate surface area is 152 Å². The SMILES string of the molecule is COc1cccc2c1O[C@@]1(C)C[C@H]2NC(=O)N1c1ccc(Br)cc1F. The van der Waals surface area contributed by atoms with Crippen molar-refractivity contribution in [3.8, 4) is 11.5 Å². The lowest BCUT2D eigenvalue weighted by molar-refractivity contribution is 0.0344. The Bertz CT molecular complexity index is 875. The zero-order chi connectivity index (χ0) is 17.8. The molecular formula is C18H16BrFN2O3. The van der Waals surface area contributed by atoms with Crippen LogP contribution < -0.4 is 19.7 Å². The number of nitrogens with one attached hydrogen (secondary N) is 1.